The highest BCUT2D eigenvalue weighted by atomic mass is 32.2. The Labute approximate surface area is 160 Å². The Bertz CT molecular complexity index is 992. The summed E-state index contributed by atoms with van der Waals surface area (Å²) in [6.07, 6.45) is 1.71. The summed E-state index contributed by atoms with van der Waals surface area (Å²) < 4.78 is 33.5. The van der Waals surface area contributed by atoms with Gasteiger partial charge in [-0.1, -0.05) is 30.3 Å². The van der Waals surface area contributed by atoms with Gasteiger partial charge in [-0.05, 0) is 62.4 Å². The van der Waals surface area contributed by atoms with Crippen molar-refractivity contribution >= 4 is 10.0 Å². The van der Waals surface area contributed by atoms with Gasteiger partial charge in [0, 0.05) is 12.7 Å². The molecule has 6 heteroatoms. The predicted octanol–water partition coefficient (Wildman–Crippen LogP) is 3.90. The summed E-state index contributed by atoms with van der Waals surface area (Å²) in [5, 5.41) is 3.07. The van der Waals surface area contributed by atoms with Crippen molar-refractivity contribution in [3.8, 4) is 17.0 Å². The van der Waals surface area contributed by atoms with Crippen LogP contribution in [0.2, 0.25) is 0 Å². The van der Waals surface area contributed by atoms with E-state index in [0.29, 0.717) is 18.0 Å². The van der Waals surface area contributed by atoms with E-state index in [2.05, 4.69) is 5.32 Å². The molecule has 0 amide bonds. The fourth-order valence-electron chi connectivity index (χ4n) is 2.89. The molecule has 2 aromatic carbocycles. The Morgan fingerprint density at radius 2 is 1.70 bits per heavy atom. The fraction of sp³-hybridized carbons (Fsp3) is 0.238. The third kappa shape index (κ3) is 4.23. The molecule has 0 radical (unpaired) electrons. The highest BCUT2D eigenvalue weighted by Gasteiger charge is 2.22. The number of aromatic nitrogens is 1. The van der Waals surface area contributed by atoms with Crippen molar-refractivity contribution in [3.63, 3.8) is 0 Å². The molecule has 3 aromatic rings. The summed E-state index contributed by atoms with van der Waals surface area (Å²) in [6.45, 7) is 4.45. The third-order valence-corrected chi connectivity index (χ3v) is 5.73. The van der Waals surface area contributed by atoms with Crippen LogP contribution in [0.4, 0.5) is 0 Å². The minimum atomic E-state index is -3.73. The van der Waals surface area contributed by atoms with Gasteiger partial charge in [0.05, 0.1) is 16.7 Å². The molecule has 0 aliphatic heterocycles. The zero-order valence-corrected chi connectivity index (χ0v) is 16.5. The highest BCUT2D eigenvalue weighted by Crippen LogP contribution is 2.28. The van der Waals surface area contributed by atoms with Crippen LogP contribution >= 0.6 is 0 Å². The number of rotatable bonds is 7. The van der Waals surface area contributed by atoms with Crippen molar-refractivity contribution < 1.29 is 13.2 Å². The van der Waals surface area contributed by atoms with E-state index in [-0.39, 0.29) is 11.0 Å². The Balaban J connectivity index is 2.05. The minimum absolute atomic E-state index is 0.0330. The Morgan fingerprint density at radius 1 is 1.04 bits per heavy atom. The van der Waals surface area contributed by atoms with Crippen molar-refractivity contribution in [2.75, 3.05) is 7.05 Å². The molecule has 0 bridgehead atoms. The number of hydrogen-bond acceptors (Lipinski definition) is 4. The normalized spacial score (nSPS) is 11.7. The largest absolute Gasteiger partial charge is 0.491 e. The molecule has 0 unspecified atom stereocenters. The number of ether oxygens (including phenoxy) is 1. The maximum absolute atomic E-state index is 13.3. The van der Waals surface area contributed by atoms with Crippen molar-refractivity contribution in [1.29, 1.82) is 0 Å². The predicted molar refractivity (Wildman–Crippen MR) is 107 cm³/mol. The van der Waals surface area contributed by atoms with Crippen LogP contribution in [0.3, 0.4) is 0 Å². The van der Waals surface area contributed by atoms with Crippen LogP contribution in [0.15, 0.2) is 71.8 Å². The number of nitrogens with one attached hydrogen (secondary N) is 1. The van der Waals surface area contributed by atoms with Gasteiger partial charge in [0.2, 0.25) is 0 Å². The SMILES string of the molecule is CNCc1cc(-c2ccccc2)n(S(=O)(=O)c2ccc(OC(C)C)cc2)c1. The molecule has 1 N–H and O–H groups in total. The lowest BCUT2D eigenvalue weighted by molar-refractivity contribution is 0.242. The molecule has 27 heavy (non-hydrogen) atoms. The molecule has 5 nitrogen and oxygen atoms in total. The van der Waals surface area contributed by atoms with Crippen LogP contribution in [0, 0.1) is 0 Å². The molecule has 0 saturated heterocycles. The van der Waals surface area contributed by atoms with Gasteiger partial charge in [-0.25, -0.2) is 12.4 Å². The fourth-order valence-corrected chi connectivity index (χ4v) is 4.29. The van der Waals surface area contributed by atoms with Gasteiger partial charge in [-0.3, -0.25) is 0 Å². The zero-order valence-electron chi connectivity index (χ0n) is 15.7. The van der Waals surface area contributed by atoms with Gasteiger partial charge in [-0.2, -0.15) is 0 Å². The van der Waals surface area contributed by atoms with E-state index in [1.165, 1.54) is 3.97 Å². The maximum atomic E-state index is 13.3. The summed E-state index contributed by atoms with van der Waals surface area (Å²) in [5.41, 5.74) is 2.39. The molecular formula is C21H24N2O3S. The standard InChI is InChI=1S/C21H24N2O3S/c1-16(2)26-19-9-11-20(12-10-19)27(24,25)23-15-17(14-22-3)13-21(23)18-7-5-4-6-8-18/h4-13,15-16,22H,14H2,1-3H3. The summed E-state index contributed by atoms with van der Waals surface area (Å²) in [4.78, 5) is 0.224. The monoisotopic (exact) mass is 384 g/mol. The first kappa shape index (κ1) is 19.2. The van der Waals surface area contributed by atoms with Gasteiger partial charge < -0.3 is 10.1 Å². The number of hydrogen-bond donors (Lipinski definition) is 1. The topological polar surface area (TPSA) is 60.3 Å². The first-order valence-corrected chi connectivity index (χ1v) is 10.3. The van der Waals surface area contributed by atoms with E-state index in [1.807, 2.05) is 57.3 Å². The molecule has 142 valence electrons. The number of benzene rings is 2. The van der Waals surface area contributed by atoms with Crippen LogP contribution in [0.25, 0.3) is 11.3 Å². The van der Waals surface area contributed by atoms with E-state index in [9.17, 15) is 8.42 Å². The van der Waals surface area contributed by atoms with Crippen molar-refractivity contribution in [2.45, 2.75) is 31.4 Å². The van der Waals surface area contributed by atoms with E-state index in [4.69, 9.17) is 4.74 Å². The molecule has 0 aliphatic rings. The molecular weight excluding hydrogens is 360 g/mol. The van der Waals surface area contributed by atoms with Gasteiger partial charge in [-0.15, -0.1) is 0 Å². The van der Waals surface area contributed by atoms with E-state index >= 15 is 0 Å². The summed E-state index contributed by atoms with van der Waals surface area (Å²) >= 11 is 0. The van der Waals surface area contributed by atoms with Crippen LogP contribution in [-0.2, 0) is 16.6 Å². The Kier molecular flexibility index (Phi) is 5.68. The molecule has 1 aromatic heterocycles. The van der Waals surface area contributed by atoms with Crippen molar-refractivity contribution in [1.82, 2.24) is 9.29 Å². The van der Waals surface area contributed by atoms with E-state index in [1.54, 1.807) is 30.5 Å². The second-order valence-electron chi connectivity index (χ2n) is 6.57. The molecule has 0 fully saturated rings. The number of nitrogens with zero attached hydrogens (tertiary/aromatic N) is 1. The summed E-state index contributed by atoms with van der Waals surface area (Å²) in [5.74, 6) is 0.649. The lowest BCUT2D eigenvalue weighted by Crippen LogP contribution is -2.13. The van der Waals surface area contributed by atoms with Crippen LogP contribution in [0.1, 0.15) is 19.4 Å². The molecule has 0 atom stereocenters. The Morgan fingerprint density at radius 3 is 2.30 bits per heavy atom. The highest BCUT2D eigenvalue weighted by molar-refractivity contribution is 7.90. The Hall–Kier alpha value is -2.57. The minimum Gasteiger partial charge on any atom is -0.491 e. The first-order valence-electron chi connectivity index (χ1n) is 8.85. The molecule has 3 rings (SSSR count). The van der Waals surface area contributed by atoms with E-state index < -0.39 is 10.0 Å². The molecule has 0 aliphatic carbocycles. The second kappa shape index (κ2) is 7.98. The average molecular weight is 385 g/mol. The summed E-state index contributed by atoms with van der Waals surface area (Å²) in [6, 6.07) is 18.0. The lowest BCUT2D eigenvalue weighted by atomic mass is 10.1. The van der Waals surface area contributed by atoms with Gasteiger partial charge in [0.15, 0.2) is 0 Å². The van der Waals surface area contributed by atoms with Gasteiger partial charge >= 0.3 is 0 Å². The molecule has 0 saturated carbocycles. The summed E-state index contributed by atoms with van der Waals surface area (Å²) in [7, 11) is -1.89. The van der Waals surface area contributed by atoms with Crippen molar-refractivity contribution in [3.05, 3.63) is 72.4 Å². The van der Waals surface area contributed by atoms with Crippen LogP contribution < -0.4 is 10.1 Å². The second-order valence-corrected chi connectivity index (χ2v) is 8.38. The smallest absolute Gasteiger partial charge is 0.268 e. The first-order chi connectivity index (χ1) is 12.9. The van der Waals surface area contributed by atoms with Gasteiger partial charge in [0.25, 0.3) is 10.0 Å². The van der Waals surface area contributed by atoms with Crippen LogP contribution in [0.5, 0.6) is 5.75 Å². The van der Waals surface area contributed by atoms with Crippen molar-refractivity contribution in [2.24, 2.45) is 0 Å². The lowest BCUT2D eigenvalue weighted by Gasteiger charge is -2.13. The van der Waals surface area contributed by atoms with Gasteiger partial charge in [0.1, 0.15) is 5.75 Å². The van der Waals surface area contributed by atoms with E-state index in [0.717, 1.165) is 11.1 Å². The molecule has 1 heterocycles. The quantitative estimate of drug-likeness (QED) is 0.671. The molecule has 0 spiro atoms. The third-order valence-electron chi connectivity index (χ3n) is 4.05. The maximum Gasteiger partial charge on any atom is 0.268 e. The zero-order chi connectivity index (χ0) is 19.4. The van der Waals surface area contributed by atoms with Crippen LogP contribution in [-0.4, -0.2) is 25.5 Å². The average Bonchev–Trinajstić information content (AvgIpc) is 3.08.